The van der Waals surface area contributed by atoms with Crippen LogP contribution in [0, 0.1) is 5.92 Å². The lowest BCUT2D eigenvalue weighted by Crippen LogP contribution is -2.43. The molecule has 0 saturated carbocycles. The molecule has 0 radical (unpaired) electrons. The Hall–Kier alpha value is -1.74. The number of hydrogen-bond donors (Lipinski definition) is 0. The number of nitrogens with zero attached hydrogens (tertiary/aromatic N) is 1. The number of rotatable bonds is 3. The van der Waals surface area contributed by atoms with E-state index in [0.717, 1.165) is 5.57 Å². The van der Waals surface area contributed by atoms with Crippen LogP contribution in [0.15, 0.2) is 17.4 Å². The van der Waals surface area contributed by atoms with E-state index in [-0.39, 0.29) is 24.6 Å². The van der Waals surface area contributed by atoms with Gasteiger partial charge >= 0.3 is 12.1 Å². The van der Waals surface area contributed by atoms with Crippen molar-refractivity contribution in [2.45, 2.75) is 53.1 Å². The molecule has 1 heterocycles. The molecule has 5 nitrogen and oxygen atoms in total. The summed E-state index contributed by atoms with van der Waals surface area (Å²) in [7, 11) is 0. The third-order valence-electron chi connectivity index (χ3n) is 3.18. The Labute approximate surface area is 133 Å². The van der Waals surface area contributed by atoms with Crippen molar-refractivity contribution in [1.29, 1.82) is 0 Å². The van der Waals surface area contributed by atoms with Crippen molar-refractivity contribution in [2.24, 2.45) is 5.92 Å². The fraction of sp³-hybridized carbons (Fsp3) is 0.706. The van der Waals surface area contributed by atoms with Gasteiger partial charge in [0.1, 0.15) is 12.2 Å². The van der Waals surface area contributed by atoms with E-state index < -0.39 is 5.60 Å². The number of carbonyl (C=O) groups is 2. The number of ether oxygens (including phenoxy) is 2. The van der Waals surface area contributed by atoms with Gasteiger partial charge in [0, 0.05) is 13.1 Å². The highest BCUT2D eigenvalue weighted by Crippen LogP contribution is 2.20. The van der Waals surface area contributed by atoms with Crippen molar-refractivity contribution in [3.8, 4) is 0 Å². The first kappa shape index (κ1) is 18.3. The van der Waals surface area contributed by atoms with Gasteiger partial charge in [0.2, 0.25) is 0 Å². The normalized spacial score (nSPS) is 15.8. The Kier molecular flexibility index (Phi) is 6.69. The topological polar surface area (TPSA) is 55.8 Å². The maximum atomic E-state index is 11.9. The van der Waals surface area contributed by atoms with Gasteiger partial charge in [-0.3, -0.25) is 4.79 Å². The molecule has 0 aromatic heterocycles. The molecule has 1 rings (SSSR count). The molecule has 5 heteroatoms. The van der Waals surface area contributed by atoms with Crippen LogP contribution in [-0.4, -0.2) is 42.3 Å². The zero-order valence-corrected chi connectivity index (χ0v) is 14.3. The maximum Gasteiger partial charge on any atom is 0.410 e. The van der Waals surface area contributed by atoms with Gasteiger partial charge in [0.15, 0.2) is 0 Å². The van der Waals surface area contributed by atoms with Crippen LogP contribution in [0.25, 0.3) is 0 Å². The molecule has 124 valence electrons. The molecular weight excluding hydrogens is 282 g/mol. The maximum absolute atomic E-state index is 11.9. The molecule has 0 spiro atoms. The summed E-state index contributed by atoms with van der Waals surface area (Å²) in [5, 5.41) is 0. The lowest BCUT2D eigenvalue weighted by atomic mass is 9.97. The van der Waals surface area contributed by atoms with Crippen molar-refractivity contribution < 1.29 is 19.1 Å². The Bertz CT molecular complexity index is 458. The summed E-state index contributed by atoms with van der Waals surface area (Å²) in [4.78, 5) is 25.5. The predicted molar refractivity (Wildman–Crippen MR) is 84.4 cm³/mol. The summed E-state index contributed by atoms with van der Waals surface area (Å²) < 4.78 is 10.5. The lowest BCUT2D eigenvalue weighted by molar-refractivity contribution is -0.148. The minimum Gasteiger partial charge on any atom is -0.461 e. The second kappa shape index (κ2) is 8.04. The van der Waals surface area contributed by atoms with Crippen molar-refractivity contribution in [1.82, 2.24) is 4.90 Å². The zero-order chi connectivity index (χ0) is 16.8. The molecule has 0 aromatic rings. The number of hydrogen-bond acceptors (Lipinski definition) is 4. The Morgan fingerprint density at radius 1 is 1.23 bits per heavy atom. The molecule has 0 N–H and O–H groups in total. The molecule has 0 aliphatic carbocycles. The van der Waals surface area contributed by atoms with E-state index in [1.807, 2.05) is 34.6 Å². The van der Waals surface area contributed by atoms with Crippen LogP contribution in [0.1, 0.15) is 47.5 Å². The predicted octanol–water partition coefficient (Wildman–Crippen LogP) is 3.30. The van der Waals surface area contributed by atoms with Crippen LogP contribution in [0.4, 0.5) is 4.79 Å². The molecule has 0 bridgehead atoms. The fourth-order valence-corrected chi connectivity index (χ4v) is 2.11. The summed E-state index contributed by atoms with van der Waals surface area (Å²) >= 11 is 0. The molecule has 0 aromatic carbocycles. The summed E-state index contributed by atoms with van der Waals surface area (Å²) in [5.74, 6) is -0.338. The fourth-order valence-electron chi connectivity index (χ4n) is 2.11. The molecule has 0 unspecified atom stereocenters. The summed E-state index contributed by atoms with van der Waals surface area (Å²) in [6.45, 7) is 10.7. The van der Waals surface area contributed by atoms with Crippen LogP contribution in [0.3, 0.4) is 0 Å². The monoisotopic (exact) mass is 309 g/mol. The molecule has 1 aliphatic heterocycles. The van der Waals surface area contributed by atoms with Crippen LogP contribution in [0.2, 0.25) is 0 Å². The summed E-state index contributed by atoms with van der Waals surface area (Å²) in [5.41, 5.74) is 3.54. The van der Waals surface area contributed by atoms with E-state index in [1.54, 1.807) is 11.0 Å². The first-order valence-electron chi connectivity index (χ1n) is 7.72. The van der Waals surface area contributed by atoms with Gasteiger partial charge in [-0.1, -0.05) is 0 Å². The number of carbonyl (C=O) groups excluding carboxylic acids is 2. The van der Waals surface area contributed by atoms with E-state index in [9.17, 15) is 9.59 Å². The minimum absolute atomic E-state index is 0.140. The molecular formula is C17H27NO4. The zero-order valence-electron chi connectivity index (χ0n) is 14.3. The standard InChI is InChI=1S/C17H27NO4/c1-13(2)7-6-12-21-15(19)14-8-10-18(11-9-14)16(20)22-17(3,4)5/h6,14H,8-12H2,1-5H3. The third kappa shape index (κ3) is 6.81. The average molecular weight is 309 g/mol. The largest absolute Gasteiger partial charge is 0.461 e. The first-order valence-corrected chi connectivity index (χ1v) is 7.72. The molecule has 0 atom stereocenters. The third-order valence-corrected chi connectivity index (χ3v) is 3.18. The van der Waals surface area contributed by atoms with Crippen LogP contribution in [0.5, 0.6) is 0 Å². The SMILES string of the molecule is CC(C)=C=CCOC(=O)C1CCN(C(=O)OC(C)(C)C)CC1. The minimum atomic E-state index is -0.496. The second-order valence-electron chi connectivity index (χ2n) is 6.72. The van der Waals surface area contributed by atoms with Gasteiger partial charge in [-0.15, -0.1) is 5.73 Å². The van der Waals surface area contributed by atoms with Gasteiger partial charge < -0.3 is 14.4 Å². The Morgan fingerprint density at radius 2 is 1.82 bits per heavy atom. The smallest absolute Gasteiger partial charge is 0.410 e. The van der Waals surface area contributed by atoms with E-state index in [4.69, 9.17) is 9.47 Å². The van der Waals surface area contributed by atoms with Crippen molar-refractivity contribution in [3.05, 3.63) is 17.4 Å². The number of likely N-dealkylation sites (tertiary alicyclic amines) is 1. The Morgan fingerprint density at radius 3 is 2.32 bits per heavy atom. The molecule has 1 aliphatic rings. The van der Waals surface area contributed by atoms with Gasteiger partial charge in [0.25, 0.3) is 0 Å². The van der Waals surface area contributed by atoms with E-state index in [2.05, 4.69) is 5.73 Å². The number of piperidine rings is 1. The van der Waals surface area contributed by atoms with Gasteiger partial charge in [-0.05, 0) is 59.1 Å². The van der Waals surface area contributed by atoms with Crippen molar-refractivity contribution >= 4 is 12.1 Å². The lowest BCUT2D eigenvalue weighted by Gasteiger charge is -2.32. The average Bonchev–Trinajstić information content (AvgIpc) is 2.41. The summed E-state index contributed by atoms with van der Waals surface area (Å²) in [6.07, 6.45) is 2.63. The van der Waals surface area contributed by atoms with Crippen molar-refractivity contribution in [3.63, 3.8) is 0 Å². The quantitative estimate of drug-likeness (QED) is 0.593. The number of esters is 1. The Balaban J connectivity index is 2.37. The highest BCUT2D eigenvalue weighted by Gasteiger charge is 2.30. The molecule has 22 heavy (non-hydrogen) atoms. The summed E-state index contributed by atoms with van der Waals surface area (Å²) in [6, 6.07) is 0. The van der Waals surface area contributed by atoms with Crippen LogP contribution in [-0.2, 0) is 14.3 Å². The molecule has 1 fully saturated rings. The first-order chi connectivity index (χ1) is 10.2. The second-order valence-corrected chi connectivity index (χ2v) is 6.72. The molecule has 1 amide bonds. The van der Waals surface area contributed by atoms with E-state index in [0.29, 0.717) is 25.9 Å². The van der Waals surface area contributed by atoms with Crippen molar-refractivity contribution in [2.75, 3.05) is 19.7 Å². The van der Waals surface area contributed by atoms with E-state index >= 15 is 0 Å². The van der Waals surface area contributed by atoms with Gasteiger partial charge in [0.05, 0.1) is 5.92 Å². The van der Waals surface area contributed by atoms with Crippen LogP contribution < -0.4 is 0 Å². The van der Waals surface area contributed by atoms with Crippen LogP contribution >= 0.6 is 0 Å². The van der Waals surface area contributed by atoms with E-state index in [1.165, 1.54) is 0 Å². The molecule has 1 saturated heterocycles. The number of amides is 1. The highest BCUT2D eigenvalue weighted by molar-refractivity contribution is 5.73. The van der Waals surface area contributed by atoms with Gasteiger partial charge in [-0.2, -0.15) is 0 Å². The van der Waals surface area contributed by atoms with Gasteiger partial charge in [-0.25, -0.2) is 4.79 Å². The highest BCUT2D eigenvalue weighted by atomic mass is 16.6.